The third kappa shape index (κ3) is 16.0. The maximum Gasteiger partial charge on any atom is 0.407 e. The van der Waals surface area contributed by atoms with Crippen molar-refractivity contribution in [1.29, 1.82) is 0 Å². The predicted octanol–water partition coefficient (Wildman–Crippen LogP) is 6.99. The van der Waals surface area contributed by atoms with E-state index in [1.54, 1.807) is 76.2 Å². The zero-order valence-corrected chi connectivity index (χ0v) is 43.8. The van der Waals surface area contributed by atoms with Crippen LogP contribution >= 0.6 is 0 Å². The number of likely N-dealkylation sites (N-methyl/N-ethyl adjacent to an activating group) is 1. The van der Waals surface area contributed by atoms with Crippen LogP contribution in [0.1, 0.15) is 113 Å². The van der Waals surface area contributed by atoms with Crippen LogP contribution in [-0.2, 0) is 46.3 Å². The van der Waals surface area contributed by atoms with Gasteiger partial charge in [0, 0.05) is 49.2 Å². The molecule has 0 radical (unpaired) electrons. The lowest BCUT2D eigenvalue weighted by Crippen LogP contribution is -2.55. The zero-order chi connectivity index (χ0) is 53.4. The molecule has 17 nitrogen and oxygen atoms in total. The summed E-state index contributed by atoms with van der Waals surface area (Å²) in [4.78, 5) is 97.1. The number of unbranched alkanes of at least 4 members (excludes halogenated alkanes) is 2. The highest BCUT2D eigenvalue weighted by atomic mass is 16.6. The molecular formula is C56H72N6O11. The van der Waals surface area contributed by atoms with Crippen LogP contribution < -0.4 is 36.1 Å². The third-order valence-electron chi connectivity index (χ3n) is 12.4. The molecule has 5 atom stereocenters. The lowest BCUT2D eigenvalue weighted by atomic mass is 9.93. The normalized spacial score (nSPS) is 16.5. The molecule has 17 heteroatoms. The van der Waals surface area contributed by atoms with Crippen molar-refractivity contribution in [2.45, 2.75) is 129 Å². The van der Waals surface area contributed by atoms with E-state index in [4.69, 9.17) is 18.9 Å². The Morgan fingerprint density at radius 1 is 0.781 bits per heavy atom. The molecule has 0 spiro atoms. The Morgan fingerprint density at radius 3 is 2.03 bits per heavy atom. The minimum absolute atomic E-state index is 0.0518. The summed E-state index contributed by atoms with van der Waals surface area (Å²) in [7, 11) is 5.63. The molecule has 4 aromatic rings. The van der Waals surface area contributed by atoms with Crippen molar-refractivity contribution < 1.29 is 52.5 Å². The number of hydrogen-bond acceptors (Lipinski definition) is 11. The van der Waals surface area contributed by atoms with Gasteiger partial charge in [0.05, 0.1) is 21.3 Å². The van der Waals surface area contributed by atoms with Crippen LogP contribution in [0.4, 0.5) is 4.79 Å². The van der Waals surface area contributed by atoms with Crippen molar-refractivity contribution in [3.8, 4) is 33.8 Å². The molecular weight excluding hydrogens is 933 g/mol. The molecule has 0 saturated heterocycles. The molecule has 0 saturated carbocycles. The highest BCUT2D eigenvalue weighted by Gasteiger charge is 2.36. The monoisotopic (exact) mass is 1000 g/mol. The number of aryl methyl sites for hydroxylation is 1. The van der Waals surface area contributed by atoms with Gasteiger partial charge in [-0.3, -0.25) is 24.0 Å². The smallest absolute Gasteiger partial charge is 0.407 e. The molecule has 73 heavy (non-hydrogen) atoms. The summed E-state index contributed by atoms with van der Waals surface area (Å²) < 4.78 is 21.9. The van der Waals surface area contributed by atoms with E-state index in [9.17, 15) is 33.6 Å². The summed E-state index contributed by atoms with van der Waals surface area (Å²) in [5.41, 5.74) is 5.01. The summed E-state index contributed by atoms with van der Waals surface area (Å²) in [6, 6.07) is 20.3. The van der Waals surface area contributed by atoms with E-state index in [0.29, 0.717) is 52.2 Å². The predicted molar refractivity (Wildman–Crippen MR) is 278 cm³/mol. The molecule has 6 amide bonds. The van der Waals surface area contributed by atoms with E-state index in [-0.39, 0.29) is 31.7 Å². The number of nitrogens with zero attached hydrogens (tertiary/aromatic N) is 1. The van der Waals surface area contributed by atoms with Crippen molar-refractivity contribution in [3.05, 3.63) is 107 Å². The number of hydrogen-bond donors (Lipinski definition) is 5. The summed E-state index contributed by atoms with van der Waals surface area (Å²) in [6.45, 7) is 10.8. The van der Waals surface area contributed by atoms with Crippen LogP contribution in [0, 0.1) is 0 Å². The largest absolute Gasteiger partial charge is 0.496 e. The molecule has 5 rings (SSSR count). The molecule has 1 aliphatic rings. The first kappa shape index (κ1) is 56.5. The number of methoxy groups -OCH3 is 3. The van der Waals surface area contributed by atoms with E-state index in [2.05, 4.69) is 57.8 Å². The number of carbonyl (C=O) groups excluding carboxylic acids is 7. The van der Waals surface area contributed by atoms with Crippen LogP contribution in [0.3, 0.4) is 0 Å². The molecule has 4 bridgehead atoms. The van der Waals surface area contributed by atoms with Crippen molar-refractivity contribution in [1.82, 2.24) is 31.5 Å². The third-order valence-corrected chi connectivity index (χ3v) is 12.4. The van der Waals surface area contributed by atoms with E-state index in [1.165, 1.54) is 45.8 Å². The van der Waals surface area contributed by atoms with Gasteiger partial charge in [-0.15, -0.1) is 0 Å². The maximum absolute atomic E-state index is 14.9. The van der Waals surface area contributed by atoms with Crippen LogP contribution in [0.25, 0.3) is 22.3 Å². The Hall–Kier alpha value is -7.43. The van der Waals surface area contributed by atoms with Gasteiger partial charge < -0.3 is 50.4 Å². The second-order valence-corrected chi connectivity index (χ2v) is 19.4. The van der Waals surface area contributed by atoms with E-state index < -0.39 is 71.5 Å². The Balaban J connectivity index is 1.41. The van der Waals surface area contributed by atoms with Crippen molar-refractivity contribution >= 4 is 41.6 Å². The van der Waals surface area contributed by atoms with Gasteiger partial charge in [-0.2, -0.15) is 0 Å². The number of alkyl carbamates (subject to hydrolysis) is 1. The first-order chi connectivity index (χ1) is 34.7. The summed E-state index contributed by atoms with van der Waals surface area (Å²) in [5.74, 6) is -2.81. The Bertz CT molecular complexity index is 2580. The van der Waals surface area contributed by atoms with Gasteiger partial charge >= 0.3 is 12.1 Å². The number of rotatable bonds is 19. The summed E-state index contributed by atoms with van der Waals surface area (Å²) in [6.07, 6.45) is 3.40. The number of fused-ring (bicyclic) bond motifs is 5. The minimum Gasteiger partial charge on any atom is -0.496 e. The second-order valence-electron chi connectivity index (χ2n) is 19.4. The molecule has 1 heterocycles. The molecule has 0 aromatic heterocycles. The first-order valence-corrected chi connectivity index (χ1v) is 24.8. The number of amides is 6. The van der Waals surface area contributed by atoms with E-state index in [1.807, 2.05) is 12.1 Å². The Kier molecular flexibility index (Phi) is 20.4. The van der Waals surface area contributed by atoms with E-state index in [0.717, 1.165) is 30.4 Å². The van der Waals surface area contributed by atoms with Crippen molar-refractivity contribution in [2.24, 2.45) is 0 Å². The fourth-order valence-electron chi connectivity index (χ4n) is 8.53. The van der Waals surface area contributed by atoms with Crippen molar-refractivity contribution in [3.63, 3.8) is 0 Å². The quantitative estimate of drug-likeness (QED) is 0.0476. The lowest BCUT2D eigenvalue weighted by molar-refractivity contribution is -0.145. The average molecular weight is 1010 g/mol. The summed E-state index contributed by atoms with van der Waals surface area (Å²) >= 11 is 0. The molecule has 1 aliphatic heterocycles. The Labute approximate surface area is 428 Å². The number of nitrogens with one attached hydrogen (secondary N) is 5. The van der Waals surface area contributed by atoms with Gasteiger partial charge in [-0.05, 0) is 131 Å². The highest BCUT2D eigenvalue weighted by Crippen LogP contribution is 2.40. The molecule has 0 fully saturated rings. The van der Waals surface area contributed by atoms with Crippen LogP contribution in [0.5, 0.6) is 11.5 Å². The van der Waals surface area contributed by atoms with Gasteiger partial charge in [0.15, 0.2) is 0 Å². The van der Waals surface area contributed by atoms with Gasteiger partial charge in [0.25, 0.3) is 5.91 Å². The molecule has 392 valence electrons. The summed E-state index contributed by atoms with van der Waals surface area (Å²) in [5, 5.41) is 13.9. The highest BCUT2D eigenvalue weighted by molar-refractivity contribution is 5.97. The molecule has 0 aliphatic carbocycles. The Morgan fingerprint density at radius 2 is 1.41 bits per heavy atom. The number of esters is 1. The molecule has 5 unspecified atom stereocenters. The van der Waals surface area contributed by atoms with Crippen LogP contribution in [0.2, 0.25) is 0 Å². The first-order valence-electron chi connectivity index (χ1n) is 24.8. The number of ether oxygens (including phenoxy) is 4. The van der Waals surface area contributed by atoms with Crippen molar-refractivity contribution in [2.75, 3.05) is 34.9 Å². The SMILES string of the molecule is CCCCc1ccc(-c2ccc(C(=O)NC(C)CC(=O)NC(CCCCNC(=O)OC(C)(C)C)C(=O)N(C)C3C(=O)NC(C)C(=O)NC(C(=O)OC)Cc4ccc(OC)c(c4)-c4cc3ccc4OC)cc2)cc1. The van der Waals surface area contributed by atoms with Crippen LogP contribution in [0.15, 0.2) is 84.9 Å². The molecule has 5 N–H and O–H groups in total. The van der Waals surface area contributed by atoms with Gasteiger partial charge in [-0.1, -0.05) is 61.9 Å². The maximum atomic E-state index is 14.9. The van der Waals surface area contributed by atoms with Gasteiger partial charge in [0.1, 0.15) is 41.3 Å². The minimum atomic E-state index is -1.39. The fraction of sp³-hybridized carbons (Fsp3) is 0.446. The van der Waals surface area contributed by atoms with Gasteiger partial charge in [-0.25, -0.2) is 9.59 Å². The standard InChI is InChI=1S/C56H72N6O11/c1-11-12-15-36-17-20-38(21-18-36)39-22-24-40(25-23-39)51(65)58-34(2)30-48(63)60-44(16-13-14-29-57-55(69)73-56(4,5)6)53(67)62(7)49-41-26-28-47(71-9)43(33-41)42-31-37(19-27-46(42)70-8)32-45(54(68)72-10)61-50(64)35(3)59-52(49)66/h17-28,31,33-35,44-45,49H,11-16,29-30,32H2,1-10H3,(H,57,69)(H,58,65)(H,59,66)(H,60,63)(H,61,64). The average Bonchev–Trinajstić information content (AvgIpc) is 3.36. The molecule has 4 aromatic carbocycles. The fourth-order valence-corrected chi connectivity index (χ4v) is 8.53. The topological polar surface area (TPSA) is 220 Å². The lowest BCUT2D eigenvalue weighted by Gasteiger charge is -2.33. The van der Waals surface area contributed by atoms with Crippen LogP contribution in [-0.4, -0.2) is 111 Å². The zero-order valence-electron chi connectivity index (χ0n) is 43.8. The second kappa shape index (κ2) is 26.3. The number of benzene rings is 4. The number of carbonyl (C=O) groups is 7. The van der Waals surface area contributed by atoms with Gasteiger partial charge in [0.2, 0.25) is 23.6 Å². The van der Waals surface area contributed by atoms with E-state index >= 15 is 0 Å².